The molecule has 0 N–H and O–H groups in total. The van der Waals surface area contributed by atoms with Crippen LogP contribution < -0.4 is 0 Å². The Morgan fingerprint density at radius 3 is 1.74 bits per heavy atom. The van der Waals surface area contributed by atoms with Crippen LogP contribution in [-0.2, 0) is 4.74 Å². The van der Waals surface area contributed by atoms with Gasteiger partial charge in [-0.3, -0.25) is 0 Å². The first-order valence-electron chi connectivity index (χ1n) is 15.1. The second kappa shape index (κ2) is 12.5. The van der Waals surface area contributed by atoms with Crippen LogP contribution in [0.25, 0.3) is 0 Å². The summed E-state index contributed by atoms with van der Waals surface area (Å²) in [6.07, 6.45) is 7.05. The number of hydrogen-bond acceptors (Lipinski definition) is 1. The number of alkyl halides is 4. The first-order chi connectivity index (χ1) is 16.8. The van der Waals surface area contributed by atoms with Crippen LogP contribution in [-0.4, -0.2) is 36.9 Å². The summed E-state index contributed by atoms with van der Waals surface area (Å²) in [6.45, 7) is 6.07. The van der Waals surface area contributed by atoms with Gasteiger partial charge < -0.3 is 4.74 Å². The molecule has 0 spiro atoms. The zero-order chi connectivity index (χ0) is 25.1. The van der Waals surface area contributed by atoms with Gasteiger partial charge in [-0.05, 0) is 106 Å². The Hall–Kier alpha value is -0.320. The lowest BCUT2D eigenvalue weighted by Gasteiger charge is -2.44. The summed E-state index contributed by atoms with van der Waals surface area (Å²) >= 11 is 0. The van der Waals surface area contributed by atoms with E-state index in [0.29, 0.717) is 12.3 Å². The van der Waals surface area contributed by atoms with Crippen LogP contribution in [0.5, 0.6) is 0 Å². The first-order valence-corrected chi connectivity index (χ1v) is 15.1. The smallest absolute Gasteiger partial charge is 0.137 e. The van der Waals surface area contributed by atoms with Crippen LogP contribution in [0.2, 0.25) is 0 Å². The molecule has 0 radical (unpaired) electrons. The third-order valence-electron chi connectivity index (χ3n) is 10.8. The Morgan fingerprint density at radius 2 is 1.17 bits per heavy atom. The van der Waals surface area contributed by atoms with E-state index in [1.165, 1.54) is 19.3 Å². The molecule has 204 valence electrons. The zero-order valence-electron chi connectivity index (χ0n) is 22.3. The summed E-state index contributed by atoms with van der Waals surface area (Å²) in [5.41, 5.74) is 0. The van der Waals surface area contributed by atoms with Gasteiger partial charge in [-0.25, -0.2) is 17.6 Å². The van der Waals surface area contributed by atoms with E-state index in [-0.39, 0.29) is 41.8 Å². The molecule has 35 heavy (non-hydrogen) atoms. The molecular weight excluding hydrogens is 452 g/mol. The molecule has 4 fully saturated rings. The summed E-state index contributed by atoms with van der Waals surface area (Å²) in [4.78, 5) is 0. The molecule has 0 bridgehead atoms. The maximum atomic E-state index is 15.5. The molecule has 4 aliphatic carbocycles. The predicted molar refractivity (Wildman–Crippen MR) is 134 cm³/mol. The fourth-order valence-electron chi connectivity index (χ4n) is 8.31. The lowest BCUT2D eigenvalue weighted by Crippen LogP contribution is -2.47. The molecule has 0 aromatic rings. The second-order valence-electron chi connectivity index (χ2n) is 12.7. The minimum Gasteiger partial charge on any atom is -0.375 e. The molecule has 0 aromatic heterocycles. The third kappa shape index (κ3) is 6.23. The molecule has 0 aromatic carbocycles. The summed E-state index contributed by atoms with van der Waals surface area (Å²) in [7, 11) is 0. The SMILES string of the molecule is CCC1CCC(C2CCC(C(CC)OC3CCC(C4CCC(C)C(F)C4F)CC3)C(F)C2F)CC1. The Bertz CT molecular complexity index is 630. The van der Waals surface area contributed by atoms with Crippen molar-refractivity contribution in [3.8, 4) is 0 Å². The zero-order valence-corrected chi connectivity index (χ0v) is 22.3. The highest BCUT2D eigenvalue weighted by Crippen LogP contribution is 2.47. The van der Waals surface area contributed by atoms with Crippen molar-refractivity contribution in [2.45, 2.75) is 148 Å². The highest BCUT2D eigenvalue weighted by molar-refractivity contribution is 4.96. The Balaban J connectivity index is 1.26. The van der Waals surface area contributed by atoms with Crippen molar-refractivity contribution < 1.29 is 22.3 Å². The number of rotatable bonds is 7. The highest BCUT2D eigenvalue weighted by atomic mass is 19.2. The van der Waals surface area contributed by atoms with Crippen LogP contribution in [0.3, 0.4) is 0 Å². The topological polar surface area (TPSA) is 9.23 Å². The summed E-state index contributed by atoms with van der Waals surface area (Å²) < 4.78 is 66.2. The Morgan fingerprint density at radius 1 is 0.629 bits per heavy atom. The van der Waals surface area contributed by atoms with Gasteiger partial charge >= 0.3 is 0 Å². The van der Waals surface area contributed by atoms with Crippen LogP contribution in [0.1, 0.15) is 111 Å². The molecule has 0 aliphatic heterocycles. The van der Waals surface area contributed by atoms with E-state index in [0.717, 1.165) is 70.1 Å². The van der Waals surface area contributed by atoms with Gasteiger partial charge in [-0.15, -0.1) is 0 Å². The second-order valence-corrected chi connectivity index (χ2v) is 12.7. The van der Waals surface area contributed by atoms with Gasteiger partial charge in [0.25, 0.3) is 0 Å². The van der Waals surface area contributed by atoms with Crippen molar-refractivity contribution in [1.29, 1.82) is 0 Å². The largest absolute Gasteiger partial charge is 0.375 e. The van der Waals surface area contributed by atoms with Crippen molar-refractivity contribution in [1.82, 2.24) is 0 Å². The van der Waals surface area contributed by atoms with Gasteiger partial charge in [-0.2, -0.15) is 0 Å². The average Bonchev–Trinajstić information content (AvgIpc) is 2.88. The van der Waals surface area contributed by atoms with Gasteiger partial charge in [0, 0.05) is 5.92 Å². The molecule has 4 saturated carbocycles. The van der Waals surface area contributed by atoms with Gasteiger partial charge in [0.15, 0.2) is 0 Å². The molecule has 0 saturated heterocycles. The number of hydrogen-bond donors (Lipinski definition) is 0. The van der Waals surface area contributed by atoms with Crippen LogP contribution in [0.4, 0.5) is 17.6 Å². The summed E-state index contributed by atoms with van der Waals surface area (Å²) in [5.74, 6) is 0.490. The van der Waals surface area contributed by atoms with E-state index in [1.54, 1.807) is 0 Å². The van der Waals surface area contributed by atoms with Crippen molar-refractivity contribution in [2.75, 3.05) is 0 Å². The third-order valence-corrected chi connectivity index (χ3v) is 10.8. The first kappa shape index (κ1) is 27.7. The molecule has 9 unspecified atom stereocenters. The van der Waals surface area contributed by atoms with E-state index in [2.05, 4.69) is 6.92 Å². The molecule has 9 atom stereocenters. The predicted octanol–water partition coefficient (Wildman–Crippen LogP) is 8.98. The van der Waals surface area contributed by atoms with E-state index in [9.17, 15) is 8.78 Å². The molecule has 0 heterocycles. The minimum absolute atomic E-state index is 0.0326. The van der Waals surface area contributed by atoms with Crippen LogP contribution in [0.15, 0.2) is 0 Å². The van der Waals surface area contributed by atoms with E-state index in [1.807, 2.05) is 13.8 Å². The van der Waals surface area contributed by atoms with Crippen molar-refractivity contribution in [3.05, 3.63) is 0 Å². The monoisotopic (exact) mass is 502 g/mol. The summed E-state index contributed by atoms with van der Waals surface area (Å²) in [6, 6.07) is 0. The van der Waals surface area contributed by atoms with Crippen molar-refractivity contribution in [2.24, 2.45) is 41.4 Å². The van der Waals surface area contributed by atoms with Gasteiger partial charge in [0.05, 0.1) is 12.2 Å². The molecule has 0 amide bonds. The van der Waals surface area contributed by atoms with Gasteiger partial charge in [0.2, 0.25) is 0 Å². The highest BCUT2D eigenvalue weighted by Gasteiger charge is 2.47. The number of ether oxygens (including phenoxy) is 1. The molecule has 5 heteroatoms. The van der Waals surface area contributed by atoms with Crippen molar-refractivity contribution >= 4 is 0 Å². The Kier molecular flexibility index (Phi) is 9.88. The summed E-state index contributed by atoms with van der Waals surface area (Å²) in [5, 5.41) is 0. The Labute approximate surface area is 211 Å². The normalized spacial score (nSPS) is 48.4. The van der Waals surface area contributed by atoms with Gasteiger partial charge in [0.1, 0.15) is 24.7 Å². The standard InChI is InChI=1S/C30H50F4O/c1-4-19-7-9-20(10-8-19)24-16-17-25(30(34)29(24)33)26(5-2)35-22-13-11-21(12-14-22)23-15-6-18(3)27(31)28(23)32/h18-30H,4-17H2,1-3H3. The van der Waals surface area contributed by atoms with E-state index in [4.69, 9.17) is 4.74 Å². The lowest BCUT2D eigenvalue weighted by molar-refractivity contribution is -0.115. The molecule has 4 rings (SSSR count). The van der Waals surface area contributed by atoms with E-state index >= 15 is 8.78 Å². The van der Waals surface area contributed by atoms with Crippen molar-refractivity contribution in [3.63, 3.8) is 0 Å². The fraction of sp³-hybridized carbons (Fsp3) is 1.00. The molecule has 4 aliphatic rings. The van der Waals surface area contributed by atoms with Gasteiger partial charge in [-0.1, -0.05) is 40.0 Å². The van der Waals surface area contributed by atoms with E-state index < -0.39 is 24.7 Å². The maximum Gasteiger partial charge on any atom is 0.137 e. The van der Waals surface area contributed by atoms with Crippen LogP contribution >= 0.6 is 0 Å². The lowest BCUT2D eigenvalue weighted by atomic mass is 9.66. The quantitative estimate of drug-likeness (QED) is 0.316. The number of halogens is 4. The maximum absolute atomic E-state index is 15.5. The fourth-order valence-corrected chi connectivity index (χ4v) is 8.31. The average molecular weight is 503 g/mol. The molecule has 1 nitrogen and oxygen atoms in total. The minimum atomic E-state index is -1.43. The molecular formula is C30H50F4O. The van der Waals surface area contributed by atoms with Crippen LogP contribution in [0, 0.1) is 41.4 Å².